The minimum absolute atomic E-state index is 0.562. The number of para-hydroxylation sites is 1. The molecule has 0 unspecified atom stereocenters. The minimum Gasteiger partial charge on any atom is -0.332 e. The van der Waals surface area contributed by atoms with Crippen molar-refractivity contribution in [3.63, 3.8) is 0 Å². The molecule has 0 fully saturated rings. The van der Waals surface area contributed by atoms with Gasteiger partial charge >= 0.3 is 0 Å². The fourth-order valence-corrected chi connectivity index (χ4v) is 1.66. The van der Waals surface area contributed by atoms with Gasteiger partial charge in [-0.2, -0.15) is 0 Å². The number of hydrogen-bond donors (Lipinski definition) is 2. The number of nitrogens with zero attached hydrogens (tertiary/aromatic N) is 1. The topological polar surface area (TPSA) is 37.0 Å². The van der Waals surface area contributed by atoms with Crippen molar-refractivity contribution in [3.05, 3.63) is 54.4 Å². The molecule has 0 aliphatic heterocycles. The van der Waals surface area contributed by atoms with Crippen LogP contribution < -0.4 is 10.6 Å². The number of benzene rings is 1. The molecule has 4 heteroatoms. The van der Waals surface area contributed by atoms with E-state index < -0.39 is 0 Å². The Morgan fingerprint density at radius 2 is 1.94 bits per heavy atom. The summed E-state index contributed by atoms with van der Waals surface area (Å²) in [6.45, 7) is 2.04. The lowest BCUT2D eigenvalue weighted by molar-refractivity contribution is 1.33. The van der Waals surface area contributed by atoms with Crippen molar-refractivity contribution in [3.8, 4) is 0 Å². The van der Waals surface area contributed by atoms with Crippen LogP contribution in [0.15, 0.2) is 48.8 Å². The summed E-state index contributed by atoms with van der Waals surface area (Å²) in [6.07, 6.45) is 3.45. The van der Waals surface area contributed by atoms with Crippen LogP contribution >= 0.6 is 12.2 Å². The third-order valence-corrected chi connectivity index (χ3v) is 2.52. The van der Waals surface area contributed by atoms with Crippen LogP contribution in [0.5, 0.6) is 0 Å². The summed E-state index contributed by atoms with van der Waals surface area (Å²) in [5.74, 6) is 0. The first kappa shape index (κ1) is 11.5. The molecule has 0 bridgehead atoms. The van der Waals surface area contributed by atoms with E-state index in [1.165, 1.54) is 0 Å². The highest BCUT2D eigenvalue weighted by atomic mass is 32.1. The van der Waals surface area contributed by atoms with Crippen molar-refractivity contribution in [2.45, 2.75) is 6.92 Å². The normalized spacial score (nSPS) is 9.71. The average molecular weight is 243 g/mol. The Morgan fingerprint density at radius 3 is 2.65 bits per heavy atom. The second kappa shape index (κ2) is 5.41. The largest absolute Gasteiger partial charge is 0.332 e. The molecular weight excluding hydrogens is 230 g/mol. The summed E-state index contributed by atoms with van der Waals surface area (Å²) in [7, 11) is 0. The molecule has 1 heterocycles. The number of thiocarbonyl (C=S) groups is 1. The van der Waals surface area contributed by atoms with Crippen molar-refractivity contribution >= 4 is 28.7 Å². The highest BCUT2D eigenvalue weighted by Crippen LogP contribution is 2.13. The molecule has 17 heavy (non-hydrogen) atoms. The minimum atomic E-state index is 0.562. The molecule has 0 saturated carbocycles. The van der Waals surface area contributed by atoms with E-state index in [2.05, 4.69) is 15.6 Å². The Balaban J connectivity index is 2.01. The van der Waals surface area contributed by atoms with E-state index in [-0.39, 0.29) is 0 Å². The smallest absolute Gasteiger partial charge is 0.175 e. The molecule has 0 radical (unpaired) electrons. The SMILES string of the molecule is Cc1ccccc1NC(=S)Nc1cccnc1. The third kappa shape index (κ3) is 3.26. The maximum Gasteiger partial charge on any atom is 0.175 e. The van der Waals surface area contributed by atoms with E-state index in [1.54, 1.807) is 12.4 Å². The van der Waals surface area contributed by atoms with Gasteiger partial charge in [0.1, 0.15) is 0 Å². The summed E-state index contributed by atoms with van der Waals surface area (Å²) < 4.78 is 0. The van der Waals surface area contributed by atoms with Gasteiger partial charge in [0.2, 0.25) is 0 Å². The Labute approximate surface area is 106 Å². The van der Waals surface area contributed by atoms with Crippen molar-refractivity contribution in [2.75, 3.05) is 10.6 Å². The predicted octanol–water partition coefficient (Wildman–Crippen LogP) is 3.20. The Hall–Kier alpha value is -1.94. The summed E-state index contributed by atoms with van der Waals surface area (Å²) in [5.41, 5.74) is 3.04. The van der Waals surface area contributed by atoms with Crippen molar-refractivity contribution in [2.24, 2.45) is 0 Å². The summed E-state index contributed by atoms with van der Waals surface area (Å²) in [6, 6.07) is 11.8. The highest BCUT2D eigenvalue weighted by Gasteiger charge is 2.00. The van der Waals surface area contributed by atoms with Gasteiger partial charge in [-0.15, -0.1) is 0 Å². The zero-order chi connectivity index (χ0) is 12.1. The molecule has 0 saturated heterocycles. The van der Waals surface area contributed by atoms with E-state index in [0.29, 0.717) is 5.11 Å². The van der Waals surface area contributed by atoms with Crippen LogP contribution in [0, 0.1) is 6.92 Å². The van der Waals surface area contributed by atoms with Crippen LogP contribution in [0.25, 0.3) is 0 Å². The molecule has 0 spiro atoms. The number of rotatable bonds is 2. The molecule has 1 aromatic carbocycles. The van der Waals surface area contributed by atoms with E-state index >= 15 is 0 Å². The molecule has 3 nitrogen and oxygen atoms in total. The van der Waals surface area contributed by atoms with Gasteiger partial charge in [-0.05, 0) is 42.9 Å². The van der Waals surface area contributed by atoms with E-state index in [9.17, 15) is 0 Å². The molecule has 2 aromatic rings. The van der Waals surface area contributed by atoms with Crippen LogP contribution in [-0.2, 0) is 0 Å². The second-order valence-electron chi connectivity index (χ2n) is 3.64. The van der Waals surface area contributed by atoms with Gasteiger partial charge in [0, 0.05) is 11.9 Å². The van der Waals surface area contributed by atoms with Crippen LogP contribution in [0.1, 0.15) is 5.56 Å². The van der Waals surface area contributed by atoms with Gasteiger partial charge in [-0.3, -0.25) is 4.98 Å². The van der Waals surface area contributed by atoms with Gasteiger partial charge in [0.05, 0.1) is 11.9 Å². The van der Waals surface area contributed by atoms with Gasteiger partial charge in [0.15, 0.2) is 5.11 Å². The average Bonchev–Trinajstić information content (AvgIpc) is 2.33. The maximum atomic E-state index is 5.23. The van der Waals surface area contributed by atoms with Crippen molar-refractivity contribution < 1.29 is 0 Å². The lowest BCUT2D eigenvalue weighted by Crippen LogP contribution is -2.19. The second-order valence-corrected chi connectivity index (χ2v) is 4.04. The third-order valence-electron chi connectivity index (χ3n) is 2.31. The first-order chi connectivity index (χ1) is 8.25. The first-order valence-corrected chi connectivity index (χ1v) is 5.70. The lowest BCUT2D eigenvalue weighted by atomic mass is 10.2. The van der Waals surface area contributed by atoms with Gasteiger partial charge in [0.25, 0.3) is 0 Å². The molecule has 0 aliphatic rings. The zero-order valence-electron chi connectivity index (χ0n) is 9.47. The maximum absolute atomic E-state index is 5.23. The van der Waals surface area contributed by atoms with Crippen LogP contribution in [0.3, 0.4) is 0 Å². The van der Waals surface area contributed by atoms with E-state index in [0.717, 1.165) is 16.9 Å². The standard InChI is InChI=1S/C13H13N3S/c1-10-5-2-3-7-12(10)16-13(17)15-11-6-4-8-14-9-11/h2-9H,1H3,(H2,15,16,17). The van der Waals surface area contributed by atoms with Crippen LogP contribution in [0.2, 0.25) is 0 Å². The fourth-order valence-electron chi connectivity index (χ4n) is 1.43. The molecule has 2 rings (SSSR count). The molecule has 0 amide bonds. The molecule has 0 atom stereocenters. The number of pyridine rings is 1. The predicted molar refractivity (Wildman–Crippen MR) is 75.3 cm³/mol. The monoisotopic (exact) mass is 243 g/mol. The number of aromatic nitrogens is 1. The quantitative estimate of drug-likeness (QED) is 0.794. The Bertz CT molecular complexity index is 511. The van der Waals surface area contributed by atoms with Crippen LogP contribution in [0.4, 0.5) is 11.4 Å². The van der Waals surface area contributed by atoms with Gasteiger partial charge < -0.3 is 10.6 Å². The van der Waals surface area contributed by atoms with Gasteiger partial charge in [-0.25, -0.2) is 0 Å². The van der Waals surface area contributed by atoms with Crippen LogP contribution in [-0.4, -0.2) is 10.1 Å². The zero-order valence-corrected chi connectivity index (χ0v) is 10.3. The van der Waals surface area contributed by atoms with E-state index in [4.69, 9.17) is 12.2 Å². The Kier molecular flexibility index (Phi) is 3.67. The fraction of sp³-hybridized carbons (Fsp3) is 0.0769. The molecular formula is C13H13N3S. The number of anilines is 2. The lowest BCUT2D eigenvalue weighted by Gasteiger charge is -2.11. The van der Waals surface area contributed by atoms with Gasteiger partial charge in [-0.1, -0.05) is 18.2 Å². The summed E-state index contributed by atoms with van der Waals surface area (Å²) in [4.78, 5) is 4.01. The first-order valence-electron chi connectivity index (χ1n) is 5.29. The Morgan fingerprint density at radius 1 is 1.12 bits per heavy atom. The van der Waals surface area contributed by atoms with Crippen molar-refractivity contribution in [1.82, 2.24) is 4.98 Å². The van der Waals surface area contributed by atoms with E-state index in [1.807, 2.05) is 43.3 Å². The summed E-state index contributed by atoms with van der Waals surface area (Å²) in [5, 5.41) is 6.79. The van der Waals surface area contributed by atoms with Crippen molar-refractivity contribution in [1.29, 1.82) is 0 Å². The number of aryl methyl sites for hydroxylation is 1. The number of nitrogens with one attached hydrogen (secondary N) is 2. The molecule has 0 aliphatic carbocycles. The highest BCUT2D eigenvalue weighted by molar-refractivity contribution is 7.80. The molecule has 2 N–H and O–H groups in total. The molecule has 1 aromatic heterocycles. The number of hydrogen-bond acceptors (Lipinski definition) is 2. The summed E-state index contributed by atoms with van der Waals surface area (Å²) >= 11 is 5.23. The molecule has 86 valence electrons.